The van der Waals surface area contributed by atoms with Crippen LogP contribution in [0.5, 0.6) is 0 Å². The molecule has 17 heavy (non-hydrogen) atoms. The molecule has 0 atom stereocenters. The molecular formula is C14H17N2O. The van der Waals surface area contributed by atoms with Gasteiger partial charge in [0.2, 0.25) is 5.91 Å². The van der Waals surface area contributed by atoms with Gasteiger partial charge in [-0.25, -0.2) is 0 Å². The van der Waals surface area contributed by atoms with Crippen LogP contribution in [0.4, 0.5) is 5.69 Å². The summed E-state index contributed by atoms with van der Waals surface area (Å²) in [4.78, 5) is 16.3. The quantitative estimate of drug-likeness (QED) is 0.768. The van der Waals surface area contributed by atoms with Crippen LogP contribution in [0, 0.1) is 12.0 Å². The number of hydrogen-bond acceptors (Lipinski definition) is 2. The van der Waals surface area contributed by atoms with Crippen molar-refractivity contribution in [2.24, 2.45) is 5.92 Å². The molecule has 3 rings (SSSR count). The number of rotatable bonds is 2. The van der Waals surface area contributed by atoms with Crippen molar-refractivity contribution < 1.29 is 4.79 Å². The topological polar surface area (TPSA) is 23.6 Å². The predicted molar refractivity (Wildman–Crippen MR) is 66.8 cm³/mol. The van der Waals surface area contributed by atoms with Gasteiger partial charge in [0.25, 0.3) is 0 Å². The summed E-state index contributed by atoms with van der Waals surface area (Å²) in [5.41, 5.74) is 1.24. The zero-order valence-corrected chi connectivity index (χ0v) is 9.93. The van der Waals surface area contributed by atoms with E-state index in [4.69, 9.17) is 0 Å². The molecule has 0 unspecified atom stereocenters. The molecule has 1 aliphatic heterocycles. The molecule has 0 bridgehead atoms. The summed E-state index contributed by atoms with van der Waals surface area (Å²) in [6.45, 7) is 3.63. The molecule has 3 heteroatoms. The van der Waals surface area contributed by atoms with Crippen LogP contribution in [0.3, 0.4) is 0 Å². The first-order valence-electron chi connectivity index (χ1n) is 6.34. The third-order valence-corrected chi connectivity index (χ3v) is 3.58. The van der Waals surface area contributed by atoms with E-state index in [1.54, 1.807) is 0 Å². The van der Waals surface area contributed by atoms with Gasteiger partial charge < -0.3 is 9.80 Å². The van der Waals surface area contributed by atoms with Crippen LogP contribution >= 0.6 is 0 Å². The van der Waals surface area contributed by atoms with Gasteiger partial charge in [-0.15, -0.1) is 0 Å². The van der Waals surface area contributed by atoms with Crippen LogP contribution in [0.25, 0.3) is 0 Å². The first-order chi connectivity index (χ1) is 8.34. The number of benzene rings is 1. The van der Waals surface area contributed by atoms with Gasteiger partial charge >= 0.3 is 0 Å². The van der Waals surface area contributed by atoms with E-state index in [0.29, 0.717) is 11.8 Å². The number of anilines is 1. The summed E-state index contributed by atoms with van der Waals surface area (Å²) in [5.74, 6) is 0.735. The molecule has 1 saturated carbocycles. The Kier molecular flexibility index (Phi) is 2.75. The standard InChI is InChI=1S/C14H17N2O/c17-14(12-6-7-12)16-10-8-15(9-11-16)13-4-2-1-3-5-13/h2-5,12H,6-11H2. The lowest BCUT2D eigenvalue weighted by Gasteiger charge is -2.36. The van der Waals surface area contributed by atoms with E-state index in [1.165, 1.54) is 5.69 Å². The molecule has 0 aromatic heterocycles. The Balaban J connectivity index is 1.58. The van der Waals surface area contributed by atoms with Gasteiger partial charge in [-0.2, -0.15) is 0 Å². The molecule has 2 aliphatic rings. The number of piperazine rings is 1. The molecule has 1 amide bonds. The summed E-state index contributed by atoms with van der Waals surface area (Å²) >= 11 is 0. The number of carbonyl (C=O) groups excluding carboxylic acids is 1. The van der Waals surface area contributed by atoms with Gasteiger partial charge in [0.15, 0.2) is 0 Å². The van der Waals surface area contributed by atoms with Gasteiger partial charge in [0.1, 0.15) is 0 Å². The fourth-order valence-electron chi connectivity index (χ4n) is 2.36. The molecule has 1 radical (unpaired) electrons. The number of hydrogen-bond donors (Lipinski definition) is 0. The lowest BCUT2D eigenvalue weighted by atomic mass is 10.2. The normalized spacial score (nSPS) is 20.5. The number of amides is 1. The largest absolute Gasteiger partial charge is 0.368 e. The highest BCUT2D eigenvalue weighted by Crippen LogP contribution is 2.31. The Labute approximate surface area is 102 Å². The van der Waals surface area contributed by atoms with Gasteiger partial charge in [0, 0.05) is 37.8 Å². The Bertz CT molecular complexity index is 392. The molecule has 1 aliphatic carbocycles. The molecule has 2 fully saturated rings. The van der Waals surface area contributed by atoms with Crippen molar-refractivity contribution in [1.29, 1.82) is 0 Å². The predicted octanol–water partition coefficient (Wildman–Crippen LogP) is 1.55. The highest BCUT2D eigenvalue weighted by Gasteiger charge is 2.34. The Morgan fingerprint density at radius 3 is 2.35 bits per heavy atom. The van der Waals surface area contributed by atoms with Gasteiger partial charge in [-0.3, -0.25) is 4.79 Å². The SMILES string of the molecule is O=C(C1CC1)N1CCN(c2cc[c]cc2)CC1. The first kappa shape index (κ1) is 10.6. The van der Waals surface area contributed by atoms with E-state index in [9.17, 15) is 4.79 Å². The van der Waals surface area contributed by atoms with Gasteiger partial charge in [-0.05, 0) is 31.0 Å². The molecule has 1 aromatic carbocycles. The van der Waals surface area contributed by atoms with E-state index < -0.39 is 0 Å². The van der Waals surface area contributed by atoms with Crippen LogP contribution in [0.1, 0.15) is 12.8 Å². The molecule has 1 saturated heterocycles. The maximum atomic E-state index is 11.9. The minimum Gasteiger partial charge on any atom is -0.368 e. The Hall–Kier alpha value is -1.51. The Morgan fingerprint density at radius 1 is 1.12 bits per heavy atom. The Morgan fingerprint density at radius 2 is 1.76 bits per heavy atom. The zero-order valence-electron chi connectivity index (χ0n) is 9.93. The average molecular weight is 229 g/mol. The highest BCUT2D eigenvalue weighted by molar-refractivity contribution is 5.81. The monoisotopic (exact) mass is 229 g/mol. The van der Waals surface area contributed by atoms with Crippen molar-refractivity contribution in [2.75, 3.05) is 31.1 Å². The molecule has 89 valence electrons. The van der Waals surface area contributed by atoms with Crippen molar-refractivity contribution in [1.82, 2.24) is 4.90 Å². The van der Waals surface area contributed by atoms with Crippen LogP contribution < -0.4 is 4.90 Å². The smallest absolute Gasteiger partial charge is 0.225 e. The molecular weight excluding hydrogens is 212 g/mol. The highest BCUT2D eigenvalue weighted by atomic mass is 16.2. The summed E-state index contributed by atoms with van der Waals surface area (Å²) in [6.07, 6.45) is 2.21. The molecule has 0 N–H and O–H groups in total. The fraction of sp³-hybridized carbons (Fsp3) is 0.500. The molecule has 1 heterocycles. The minimum atomic E-state index is 0.355. The van der Waals surface area contributed by atoms with Crippen molar-refractivity contribution >= 4 is 11.6 Å². The van der Waals surface area contributed by atoms with Crippen molar-refractivity contribution in [3.8, 4) is 0 Å². The zero-order chi connectivity index (χ0) is 11.7. The van der Waals surface area contributed by atoms with Crippen LogP contribution in [0.15, 0.2) is 24.3 Å². The van der Waals surface area contributed by atoms with Crippen LogP contribution in [-0.4, -0.2) is 37.0 Å². The average Bonchev–Trinajstić information content (AvgIpc) is 3.24. The van der Waals surface area contributed by atoms with E-state index in [-0.39, 0.29) is 0 Å². The van der Waals surface area contributed by atoms with Gasteiger partial charge in [0.05, 0.1) is 0 Å². The summed E-state index contributed by atoms with van der Waals surface area (Å²) in [6, 6.07) is 11.1. The van der Waals surface area contributed by atoms with Crippen molar-refractivity contribution in [3.63, 3.8) is 0 Å². The van der Waals surface area contributed by atoms with Crippen molar-refractivity contribution in [3.05, 3.63) is 30.3 Å². The summed E-state index contributed by atoms with van der Waals surface area (Å²) in [7, 11) is 0. The lowest BCUT2D eigenvalue weighted by molar-refractivity contribution is -0.132. The molecule has 0 spiro atoms. The van der Waals surface area contributed by atoms with Gasteiger partial charge in [-0.1, -0.05) is 12.1 Å². The molecule has 1 aromatic rings. The maximum Gasteiger partial charge on any atom is 0.225 e. The second kappa shape index (κ2) is 4.40. The van der Waals surface area contributed by atoms with Crippen LogP contribution in [-0.2, 0) is 4.79 Å². The van der Waals surface area contributed by atoms with E-state index in [0.717, 1.165) is 39.0 Å². The maximum absolute atomic E-state index is 11.9. The summed E-state index contributed by atoms with van der Waals surface area (Å²) < 4.78 is 0. The third-order valence-electron chi connectivity index (χ3n) is 3.58. The van der Waals surface area contributed by atoms with E-state index >= 15 is 0 Å². The third kappa shape index (κ3) is 2.28. The second-order valence-electron chi connectivity index (χ2n) is 4.84. The number of carbonyl (C=O) groups is 1. The summed E-state index contributed by atoms with van der Waals surface area (Å²) in [5, 5.41) is 0. The fourth-order valence-corrected chi connectivity index (χ4v) is 2.36. The van der Waals surface area contributed by atoms with Crippen molar-refractivity contribution in [2.45, 2.75) is 12.8 Å². The van der Waals surface area contributed by atoms with E-state index in [2.05, 4.69) is 23.1 Å². The second-order valence-corrected chi connectivity index (χ2v) is 4.84. The molecule has 3 nitrogen and oxygen atoms in total. The number of nitrogens with zero attached hydrogens (tertiary/aromatic N) is 2. The first-order valence-corrected chi connectivity index (χ1v) is 6.34. The van der Waals surface area contributed by atoms with E-state index in [1.807, 2.05) is 17.0 Å². The van der Waals surface area contributed by atoms with Crippen LogP contribution in [0.2, 0.25) is 0 Å². The minimum absolute atomic E-state index is 0.355. The lowest BCUT2D eigenvalue weighted by Crippen LogP contribution is -2.49.